The molecule has 0 aromatic carbocycles. The Kier molecular flexibility index (Phi) is 8.11. The number of hydrogen-bond donors (Lipinski definition) is 3. The number of carbonyl (C=O) groups is 4. The molecule has 214 valence electrons. The molecule has 15 heteroatoms. The Morgan fingerprint density at radius 3 is 2.39 bits per heavy atom. The smallest absolute Gasteiger partial charge is 0.383 e. The summed E-state index contributed by atoms with van der Waals surface area (Å²) in [6.45, 7) is -0.804. The minimum atomic E-state index is -5.06. The molecular weight excluding hydrogens is 535 g/mol. The van der Waals surface area contributed by atoms with E-state index >= 15 is 0 Å². The molecule has 4 atom stereocenters. The first-order valence-corrected chi connectivity index (χ1v) is 14.5. The van der Waals surface area contributed by atoms with E-state index < -0.39 is 70.4 Å². The second-order valence-electron chi connectivity index (χ2n) is 10.9. The number of carbonyl (C=O) groups excluding carboxylic acids is 4. The van der Waals surface area contributed by atoms with Crippen LogP contribution in [0.25, 0.3) is 0 Å². The topological polar surface area (TPSA) is 159 Å². The summed E-state index contributed by atoms with van der Waals surface area (Å²) in [5.41, 5.74) is -0.308. The van der Waals surface area contributed by atoms with E-state index in [4.69, 9.17) is 0 Å². The molecule has 1 spiro atoms. The Labute approximate surface area is 217 Å². The molecule has 3 aliphatic heterocycles. The van der Waals surface area contributed by atoms with E-state index in [1.54, 1.807) is 0 Å². The minimum Gasteiger partial charge on any atom is -0.383 e. The number of amides is 3. The molecule has 0 bridgehead atoms. The number of ketones is 1. The summed E-state index contributed by atoms with van der Waals surface area (Å²) in [6, 6.07) is -2.51. The number of nitrogens with one attached hydrogen (secondary N) is 2. The summed E-state index contributed by atoms with van der Waals surface area (Å²) in [4.78, 5) is 52.5. The van der Waals surface area contributed by atoms with Crippen LogP contribution in [-0.2, 0) is 33.8 Å². The highest BCUT2D eigenvalue weighted by Gasteiger charge is 2.56. The number of aliphatic hydroxyl groups excluding tert-OH is 1. The van der Waals surface area contributed by atoms with Gasteiger partial charge < -0.3 is 20.6 Å². The van der Waals surface area contributed by atoms with Gasteiger partial charge in [0.05, 0.1) is 17.5 Å². The SMILES string of the molecule is O=C(COC(F)(F)F)C(C[C@@H]1CCNC1=O)NC(=O)[C@@H]1CC2(CC2)CN1C(=O)C(O)C1CCS(=O)(=O)CC1. The van der Waals surface area contributed by atoms with Gasteiger partial charge in [0.2, 0.25) is 11.8 Å². The van der Waals surface area contributed by atoms with Crippen LogP contribution < -0.4 is 10.6 Å². The highest BCUT2D eigenvalue weighted by molar-refractivity contribution is 7.91. The number of halogens is 3. The highest BCUT2D eigenvalue weighted by atomic mass is 32.2. The Bertz CT molecular complexity index is 1060. The van der Waals surface area contributed by atoms with Gasteiger partial charge >= 0.3 is 6.36 Å². The zero-order valence-corrected chi connectivity index (χ0v) is 21.5. The number of rotatable bonds is 9. The number of Topliss-reactive ketones (excluding diaryl/α,β-unsaturated/α-hetero) is 1. The lowest BCUT2D eigenvalue weighted by Gasteiger charge is -2.32. The van der Waals surface area contributed by atoms with Gasteiger partial charge in [0.25, 0.3) is 5.91 Å². The lowest BCUT2D eigenvalue weighted by atomic mass is 9.94. The summed E-state index contributed by atoms with van der Waals surface area (Å²) in [5.74, 6) is -4.46. The Hall–Kier alpha value is -2.26. The van der Waals surface area contributed by atoms with Gasteiger partial charge in [-0.05, 0) is 56.3 Å². The van der Waals surface area contributed by atoms with Crippen LogP contribution in [0.3, 0.4) is 0 Å². The van der Waals surface area contributed by atoms with E-state index in [2.05, 4.69) is 15.4 Å². The average molecular weight is 568 g/mol. The fourth-order valence-electron chi connectivity index (χ4n) is 5.60. The molecule has 4 fully saturated rings. The van der Waals surface area contributed by atoms with Gasteiger partial charge in [-0.2, -0.15) is 0 Å². The second kappa shape index (κ2) is 10.7. The molecule has 3 N–H and O–H groups in total. The lowest BCUT2D eigenvalue weighted by molar-refractivity contribution is -0.321. The third-order valence-corrected chi connectivity index (χ3v) is 9.83. The van der Waals surface area contributed by atoms with Crippen LogP contribution in [0.5, 0.6) is 0 Å². The summed E-state index contributed by atoms with van der Waals surface area (Å²) in [6.07, 6.45) is -4.44. The number of aliphatic hydroxyl groups is 1. The van der Waals surface area contributed by atoms with Crippen LogP contribution >= 0.6 is 0 Å². The quantitative estimate of drug-likeness (QED) is 0.342. The van der Waals surface area contributed by atoms with Crippen molar-refractivity contribution in [3.8, 4) is 0 Å². The van der Waals surface area contributed by atoms with Crippen LogP contribution in [0.15, 0.2) is 0 Å². The maximum Gasteiger partial charge on any atom is 0.522 e. The van der Waals surface area contributed by atoms with E-state index in [0.29, 0.717) is 13.0 Å². The van der Waals surface area contributed by atoms with E-state index in [-0.39, 0.29) is 55.1 Å². The van der Waals surface area contributed by atoms with Crippen LogP contribution in [0.1, 0.15) is 44.9 Å². The molecular formula is C23H32F3N3O8S. The Morgan fingerprint density at radius 2 is 1.84 bits per heavy atom. The number of hydrogen-bond acceptors (Lipinski definition) is 8. The van der Waals surface area contributed by atoms with Crippen LogP contribution in [0, 0.1) is 17.3 Å². The summed E-state index contributed by atoms with van der Waals surface area (Å²) >= 11 is 0. The molecule has 11 nitrogen and oxygen atoms in total. The Morgan fingerprint density at radius 1 is 1.18 bits per heavy atom. The molecule has 0 radical (unpaired) electrons. The van der Waals surface area contributed by atoms with Crippen molar-refractivity contribution < 1.29 is 50.6 Å². The van der Waals surface area contributed by atoms with Gasteiger partial charge in [-0.25, -0.2) is 8.42 Å². The Balaban J connectivity index is 1.46. The van der Waals surface area contributed by atoms with Crippen molar-refractivity contribution >= 4 is 33.3 Å². The molecule has 1 saturated carbocycles. The number of nitrogens with zero attached hydrogens (tertiary/aromatic N) is 1. The largest absolute Gasteiger partial charge is 0.522 e. The normalized spacial score (nSPS) is 28.1. The van der Waals surface area contributed by atoms with Gasteiger partial charge in [0, 0.05) is 19.0 Å². The highest BCUT2D eigenvalue weighted by Crippen LogP contribution is 2.55. The first-order valence-electron chi connectivity index (χ1n) is 12.7. The van der Waals surface area contributed by atoms with Gasteiger partial charge in [0.15, 0.2) is 5.78 Å². The van der Waals surface area contributed by atoms with Crippen molar-refractivity contribution in [3.05, 3.63) is 0 Å². The third kappa shape index (κ3) is 6.84. The van der Waals surface area contributed by atoms with Crippen LogP contribution in [-0.4, -0.2) is 97.7 Å². The second-order valence-corrected chi connectivity index (χ2v) is 13.2. The van der Waals surface area contributed by atoms with E-state index in [0.717, 1.165) is 12.8 Å². The first-order chi connectivity index (χ1) is 17.7. The number of sulfone groups is 1. The van der Waals surface area contributed by atoms with E-state index in [1.807, 2.05) is 0 Å². The number of ether oxygens (including phenoxy) is 1. The summed E-state index contributed by atoms with van der Waals surface area (Å²) < 4.78 is 64.7. The lowest BCUT2D eigenvalue weighted by Crippen LogP contribution is -2.54. The molecule has 4 rings (SSSR count). The monoisotopic (exact) mass is 567 g/mol. The number of alkyl halides is 3. The van der Waals surface area contributed by atoms with Gasteiger partial charge in [-0.3, -0.25) is 23.9 Å². The molecule has 38 heavy (non-hydrogen) atoms. The maximum absolute atomic E-state index is 13.3. The van der Waals surface area contributed by atoms with Crippen molar-refractivity contribution in [2.75, 3.05) is 31.2 Å². The van der Waals surface area contributed by atoms with Gasteiger partial charge in [-0.1, -0.05) is 0 Å². The molecule has 1 aliphatic carbocycles. The predicted octanol–water partition coefficient (Wildman–Crippen LogP) is -0.330. The molecule has 4 aliphatic rings. The molecule has 3 saturated heterocycles. The molecule has 3 heterocycles. The third-order valence-electron chi connectivity index (χ3n) is 8.12. The molecule has 2 unspecified atom stereocenters. The van der Waals surface area contributed by atoms with Gasteiger partial charge in [0.1, 0.15) is 28.6 Å². The van der Waals surface area contributed by atoms with Crippen molar-refractivity contribution in [3.63, 3.8) is 0 Å². The molecule has 0 aromatic heterocycles. The van der Waals surface area contributed by atoms with E-state index in [1.165, 1.54) is 4.90 Å². The van der Waals surface area contributed by atoms with Crippen LogP contribution in [0.4, 0.5) is 13.2 Å². The first kappa shape index (κ1) is 28.7. The minimum absolute atomic E-state index is 0.115. The zero-order valence-electron chi connectivity index (χ0n) is 20.7. The summed E-state index contributed by atoms with van der Waals surface area (Å²) in [5, 5.41) is 15.8. The zero-order chi connectivity index (χ0) is 27.9. The van der Waals surface area contributed by atoms with Crippen molar-refractivity contribution in [2.24, 2.45) is 17.3 Å². The summed E-state index contributed by atoms with van der Waals surface area (Å²) in [7, 11) is -3.22. The average Bonchev–Trinajstić information content (AvgIpc) is 3.30. The van der Waals surface area contributed by atoms with E-state index in [9.17, 15) is 45.9 Å². The number of likely N-dealkylation sites (tertiary alicyclic amines) is 1. The van der Waals surface area contributed by atoms with Crippen LogP contribution in [0.2, 0.25) is 0 Å². The maximum atomic E-state index is 13.3. The predicted molar refractivity (Wildman–Crippen MR) is 124 cm³/mol. The van der Waals surface area contributed by atoms with Crippen molar-refractivity contribution in [1.29, 1.82) is 0 Å². The molecule has 3 amide bonds. The van der Waals surface area contributed by atoms with Gasteiger partial charge in [-0.15, -0.1) is 13.2 Å². The van der Waals surface area contributed by atoms with Crippen molar-refractivity contribution in [2.45, 2.75) is 69.5 Å². The fourth-order valence-corrected chi connectivity index (χ4v) is 7.13. The molecule has 0 aromatic rings. The standard InChI is InChI=1S/C23H32F3N3O8S/c24-23(25,26)37-11-17(30)15(9-14-1-6-27-19(14)32)28-20(33)16-10-22(4-5-22)12-29(16)21(34)18(31)13-2-7-38(35,36)8-3-13/h13-16,18,31H,1-12H2,(H,27,32)(H,28,33)/t14-,15?,16-,18?/m0/s1. The fraction of sp³-hybridized carbons (Fsp3) is 0.826. The van der Waals surface area contributed by atoms with Crippen molar-refractivity contribution in [1.82, 2.24) is 15.5 Å².